The van der Waals surface area contributed by atoms with Crippen LogP contribution in [-0.4, -0.2) is 68.8 Å². The van der Waals surface area contributed by atoms with Crippen molar-refractivity contribution in [2.75, 3.05) is 56.2 Å². The van der Waals surface area contributed by atoms with Crippen LogP contribution >= 0.6 is 0 Å². The first kappa shape index (κ1) is 20.9. The Morgan fingerprint density at radius 3 is 2.59 bits per heavy atom. The molecule has 0 radical (unpaired) electrons. The number of hydrogen-bond acceptors (Lipinski definition) is 5. The van der Waals surface area contributed by atoms with Crippen molar-refractivity contribution < 1.29 is 19.1 Å². The van der Waals surface area contributed by atoms with Crippen LogP contribution in [0, 0.1) is 0 Å². The predicted octanol–water partition coefficient (Wildman–Crippen LogP) is 1.90. The van der Waals surface area contributed by atoms with Crippen molar-refractivity contribution in [1.82, 2.24) is 4.90 Å². The van der Waals surface area contributed by atoms with Crippen molar-refractivity contribution in [2.45, 2.75) is 20.0 Å². The van der Waals surface area contributed by atoms with Crippen molar-refractivity contribution in [3.8, 4) is 0 Å². The third kappa shape index (κ3) is 6.37. The van der Waals surface area contributed by atoms with Gasteiger partial charge in [0.25, 0.3) is 5.91 Å². The number of rotatable bonds is 9. The first-order valence-corrected chi connectivity index (χ1v) is 9.29. The zero-order valence-corrected chi connectivity index (χ0v) is 16.1. The van der Waals surface area contributed by atoms with Crippen LogP contribution in [0.2, 0.25) is 0 Å². The lowest BCUT2D eigenvalue weighted by atomic mass is 10.2. The van der Waals surface area contributed by atoms with Crippen molar-refractivity contribution in [1.29, 1.82) is 0 Å². The summed E-state index contributed by atoms with van der Waals surface area (Å²) in [4.78, 5) is 28.4. The fourth-order valence-electron chi connectivity index (χ4n) is 2.84. The highest BCUT2D eigenvalue weighted by Crippen LogP contribution is 2.19. The van der Waals surface area contributed by atoms with E-state index in [-0.39, 0.29) is 18.4 Å². The Morgan fingerprint density at radius 2 is 2.00 bits per heavy atom. The minimum Gasteiger partial charge on any atom is -0.378 e. The highest BCUT2D eigenvalue weighted by molar-refractivity contribution is 5.95. The van der Waals surface area contributed by atoms with Crippen molar-refractivity contribution in [3.05, 3.63) is 36.9 Å². The molecule has 148 valence electrons. The molecule has 0 saturated carbocycles. The van der Waals surface area contributed by atoms with Crippen LogP contribution in [0.5, 0.6) is 0 Å². The molecule has 0 aliphatic carbocycles. The average molecular weight is 375 g/mol. The van der Waals surface area contributed by atoms with Crippen LogP contribution < -0.4 is 10.2 Å². The summed E-state index contributed by atoms with van der Waals surface area (Å²) in [5.41, 5.74) is 1.81. The van der Waals surface area contributed by atoms with Gasteiger partial charge >= 0.3 is 0 Å². The summed E-state index contributed by atoms with van der Waals surface area (Å²) in [6.45, 7) is 11.0. The van der Waals surface area contributed by atoms with Crippen LogP contribution in [0.1, 0.15) is 13.8 Å². The van der Waals surface area contributed by atoms with E-state index in [4.69, 9.17) is 9.47 Å². The second-order valence-electron chi connectivity index (χ2n) is 6.31. The zero-order valence-electron chi connectivity index (χ0n) is 16.1. The molecule has 0 unspecified atom stereocenters. The lowest BCUT2D eigenvalue weighted by molar-refractivity contribution is -0.143. The van der Waals surface area contributed by atoms with Crippen LogP contribution in [-0.2, 0) is 19.1 Å². The van der Waals surface area contributed by atoms with Gasteiger partial charge in [-0.2, -0.15) is 0 Å². The van der Waals surface area contributed by atoms with Crippen LogP contribution in [0.3, 0.4) is 0 Å². The first-order valence-electron chi connectivity index (χ1n) is 9.29. The van der Waals surface area contributed by atoms with Gasteiger partial charge < -0.3 is 24.6 Å². The number of carbonyl (C=O) groups excluding carboxylic acids is 2. The number of nitrogens with one attached hydrogen (secondary N) is 1. The molecule has 7 heteroatoms. The fraction of sp³-hybridized carbons (Fsp3) is 0.500. The maximum absolute atomic E-state index is 12.4. The second-order valence-corrected chi connectivity index (χ2v) is 6.31. The molecular weight excluding hydrogens is 346 g/mol. The molecule has 0 spiro atoms. The Hall–Kier alpha value is -2.38. The number of nitrogens with zero attached hydrogens (tertiary/aromatic N) is 2. The standard InChI is InChI=1S/C20H29N3O4/c1-4-12-27-16(3)20(25)22(5-2)15-19(24)21-17-6-8-18(9-7-17)23-10-13-26-14-11-23/h4,6-9,16H,1,5,10-15H2,2-3H3,(H,21,24)/t16-/m1/s1. The van der Waals surface area contributed by atoms with Crippen molar-refractivity contribution >= 4 is 23.2 Å². The summed E-state index contributed by atoms with van der Waals surface area (Å²) in [5.74, 6) is -0.447. The van der Waals surface area contributed by atoms with Gasteiger partial charge in [0.2, 0.25) is 5.91 Å². The number of carbonyl (C=O) groups is 2. The van der Waals surface area contributed by atoms with E-state index in [0.717, 1.165) is 32.0 Å². The lowest BCUT2D eigenvalue weighted by Crippen LogP contribution is -2.43. The minimum absolute atomic E-state index is 0.0116. The monoisotopic (exact) mass is 375 g/mol. The number of anilines is 2. The molecular formula is C20H29N3O4. The summed E-state index contributed by atoms with van der Waals surface area (Å²) < 4.78 is 10.7. The molecule has 0 aromatic heterocycles. The predicted molar refractivity (Wildman–Crippen MR) is 106 cm³/mol. The van der Waals surface area contributed by atoms with Gasteiger partial charge in [-0.05, 0) is 38.1 Å². The van der Waals surface area contributed by atoms with E-state index in [1.165, 1.54) is 4.90 Å². The lowest BCUT2D eigenvalue weighted by Gasteiger charge is -2.29. The molecule has 1 heterocycles. The van der Waals surface area contributed by atoms with Crippen molar-refractivity contribution in [3.63, 3.8) is 0 Å². The molecule has 27 heavy (non-hydrogen) atoms. The Morgan fingerprint density at radius 1 is 1.33 bits per heavy atom. The smallest absolute Gasteiger partial charge is 0.251 e. The van der Waals surface area contributed by atoms with Crippen LogP contribution in [0.25, 0.3) is 0 Å². The van der Waals surface area contributed by atoms with E-state index in [2.05, 4.69) is 16.8 Å². The SMILES string of the molecule is C=CCO[C@H](C)C(=O)N(CC)CC(=O)Nc1ccc(N2CCOCC2)cc1. The molecule has 1 saturated heterocycles. The van der Waals surface area contributed by atoms with Crippen LogP contribution in [0.4, 0.5) is 11.4 Å². The summed E-state index contributed by atoms with van der Waals surface area (Å²) in [5, 5.41) is 2.84. The Balaban J connectivity index is 1.87. The summed E-state index contributed by atoms with van der Waals surface area (Å²) in [7, 11) is 0. The number of ether oxygens (including phenoxy) is 2. The van der Waals surface area contributed by atoms with Gasteiger partial charge in [0.1, 0.15) is 6.10 Å². The molecule has 1 fully saturated rings. The topological polar surface area (TPSA) is 71.1 Å². The van der Waals surface area contributed by atoms with E-state index < -0.39 is 6.10 Å². The molecule has 1 atom stereocenters. The summed E-state index contributed by atoms with van der Waals surface area (Å²) in [6, 6.07) is 7.71. The number of likely N-dealkylation sites (N-methyl/N-ethyl adjacent to an activating group) is 1. The van der Waals surface area contributed by atoms with Gasteiger partial charge in [-0.25, -0.2) is 0 Å². The molecule has 1 aromatic rings. The number of hydrogen-bond donors (Lipinski definition) is 1. The Labute approximate surface area is 160 Å². The van der Waals surface area contributed by atoms with Crippen molar-refractivity contribution in [2.24, 2.45) is 0 Å². The molecule has 1 aliphatic heterocycles. The van der Waals surface area contributed by atoms with Gasteiger partial charge in [-0.3, -0.25) is 9.59 Å². The number of morpholine rings is 1. The van der Waals surface area contributed by atoms with E-state index >= 15 is 0 Å². The molecule has 0 bridgehead atoms. The zero-order chi connectivity index (χ0) is 19.6. The molecule has 1 N–H and O–H groups in total. The largest absolute Gasteiger partial charge is 0.378 e. The van der Waals surface area contributed by atoms with Gasteiger partial charge in [-0.1, -0.05) is 6.08 Å². The van der Waals surface area contributed by atoms with Crippen LogP contribution in [0.15, 0.2) is 36.9 Å². The average Bonchev–Trinajstić information content (AvgIpc) is 2.71. The van der Waals surface area contributed by atoms with E-state index in [9.17, 15) is 9.59 Å². The maximum Gasteiger partial charge on any atom is 0.251 e. The normalized spacial score (nSPS) is 15.1. The second kappa shape index (κ2) is 10.7. The highest BCUT2D eigenvalue weighted by atomic mass is 16.5. The third-order valence-corrected chi connectivity index (χ3v) is 4.37. The third-order valence-electron chi connectivity index (χ3n) is 4.37. The van der Waals surface area contributed by atoms with Gasteiger partial charge in [-0.15, -0.1) is 6.58 Å². The van der Waals surface area contributed by atoms with E-state index in [1.54, 1.807) is 13.0 Å². The minimum atomic E-state index is -0.608. The first-order chi connectivity index (χ1) is 13.0. The van der Waals surface area contributed by atoms with Gasteiger partial charge in [0.05, 0.1) is 26.4 Å². The van der Waals surface area contributed by atoms with Gasteiger partial charge in [0, 0.05) is 31.0 Å². The number of amides is 2. The Bertz CT molecular complexity index is 627. The molecule has 1 aromatic carbocycles. The Kier molecular flexibility index (Phi) is 8.29. The molecule has 2 rings (SSSR count). The molecule has 7 nitrogen and oxygen atoms in total. The fourth-order valence-corrected chi connectivity index (χ4v) is 2.84. The number of benzene rings is 1. The molecule has 1 aliphatic rings. The van der Waals surface area contributed by atoms with E-state index in [1.807, 2.05) is 31.2 Å². The maximum atomic E-state index is 12.4. The molecule has 2 amide bonds. The highest BCUT2D eigenvalue weighted by Gasteiger charge is 2.21. The summed E-state index contributed by atoms with van der Waals surface area (Å²) in [6.07, 6.45) is 0.983. The summed E-state index contributed by atoms with van der Waals surface area (Å²) >= 11 is 0. The van der Waals surface area contributed by atoms with E-state index in [0.29, 0.717) is 18.8 Å². The quantitative estimate of drug-likeness (QED) is 0.668. The van der Waals surface area contributed by atoms with Gasteiger partial charge in [0.15, 0.2) is 0 Å².